The van der Waals surface area contributed by atoms with Crippen LogP contribution >= 0.6 is 23.2 Å². The molecule has 1 aromatic heterocycles. The molecule has 2 rings (SSSR count). The number of aromatic nitrogens is 1. The SMILES string of the molecule is CCCc1onc(N)c1-c1ccc(Cl)c(Cl)c1. The van der Waals surface area contributed by atoms with Gasteiger partial charge in [-0.3, -0.25) is 0 Å². The number of hydrogen-bond donors (Lipinski definition) is 1. The number of rotatable bonds is 3. The fraction of sp³-hybridized carbons (Fsp3) is 0.250. The summed E-state index contributed by atoms with van der Waals surface area (Å²) in [6.07, 6.45) is 1.75. The Morgan fingerprint density at radius 3 is 2.71 bits per heavy atom. The average molecular weight is 271 g/mol. The molecule has 0 amide bonds. The van der Waals surface area contributed by atoms with E-state index in [0.29, 0.717) is 15.9 Å². The van der Waals surface area contributed by atoms with Crippen molar-refractivity contribution in [3.05, 3.63) is 34.0 Å². The van der Waals surface area contributed by atoms with Crippen molar-refractivity contribution in [1.82, 2.24) is 5.16 Å². The molecule has 0 saturated heterocycles. The highest BCUT2D eigenvalue weighted by Crippen LogP contribution is 2.34. The van der Waals surface area contributed by atoms with Crippen molar-refractivity contribution in [1.29, 1.82) is 0 Å². The Kier molecular flexibility index (Phi) is 3.60. The van der Waals surface area contributed by atoms with Gasteiger partial charge in [0.05, 0.1) is 15.6 Å². The van der Waals surface area contributed by atoms with Gasteiger partial charge in [0.25, 0.3) is 0 Å². The Labute approximate surface area is 109 Å². The first-order valence-electron chi connectivity index (χ1n) is 5.33. The van der Waals surface area contributed by atoms with Crippen molar-refractivity contribution >= 4 is 29.0 Å². The molecule has 90 valence electrons. The number of aryl methyl sites for hydroxylation is 1. The largest absolute Gasteiger partial charge is 0.380 e. The molecule has 0 fully saturated rings. The van der Waals surface area contributed by atoms with Crippen molar-refractivity contribution in [2.24, 2.45) is 0 Å². The summed E-state index contributed by atoms with van der Waals surface area (Å²) in [7, 11) is 0. The molecule has 2 aromatic rings. The Bertz CT molecular complexity index is 537. The van der Waals surface area contributed by atoms with Gasteiger partial charge in [-0.1, -0.05) is 41.3 Å². The van der Waals surface area contributed by atoms with Crippen LogP contribution in [-0.4, -0.2) is 5.16 Å². The van der Waals surface area contributed by atoms with Gasteiger partial charge in [-0.05, 0) is 24.1 Å². The Morgan fingerprint density at radius 1 is 1.29 bits per heavy atom. The van der Waals surface area contributed by atoms with Crippen LogP contribution in [0.5, 0.6) is 0 Å². The van der Waals surface area contributed by atoms with E-state index in [2.05, 4.69) is 12.1 Å². The van der Waals surface area contributed by atoms with E-state index in [0.717, 1.165) is 29.7 Å². The summed E-state index contributed by atoms with van der Waals surface area (Å²) >= 11 is 11.9. The van der Waals surface area contributed by atoms with Crippen molar-refractivity contribution in [2.45, 2.75) is 19.8 Å². The lowest BCUT2D eigenvalue weighted by Crippen LogP contribution is -1.90. The van der Waals surface area contributed by atoms with Crippen LogP contribution < -0.4 is 5.73 Å². The van der Waals surface area contributed by atoms with Gasteiger partial charge in [0.15, 0.2) is 5.82 Å². The van der Waals surface area contributed by atoms with E-state index in [9.17, 15) is 0 Å². The second-order valence-corrected chi connectivity index (χ2v) is 4.56. The molecule has 0 saturated carbocycles. The molecule has 5 heteroatoms. The lowest BCUT2D eigenvalue weighted by molar-refractivity contribution is 0.385. The zero-order valence-electron chi connectivity index (χ0n) is 9.34. The van der Waals surface area contributed by atoms with E-state index in [4.69, 9.17) is 33.5 Å². The van der Waals surface area contributed by atoms with E-state index in [1.54, 1.807) is 12.1 Å². The fourth-order valence-electron chi connectivity index (χ4n) is 1.70. The third-order valence-corrected chi connectivity index (χ3v) is 3.21. The minimum Gasteiger partial charge on any atom is -0.380 e. The van der Waals surface area contributed by atoms with E-state index >= 15 is 0 Å². The lowest BCUT2D eigenvalue weighted by atomic mass is 10.0. The van der Waals surface area contributed by atoms with Gasteiger partial charge in [0, 0.05) is 6.42 Å². The third kappa shape index (κ3) is 2.40. The van der Waals surface area contributed by atoms with Crippen molar-refractivity contribution in [3.63, 3.8) is 0 Å². The predicted molar refractivity (Wildman–Crippen MR) is 70.4 cm³/mol. The van der Waals surface area contributed by atoms with Gasteiger partial charge < -0.3 is 10.3 Å². The third-order valence-electron chi connectivity index (χ3n) is 2.47. The number of benzene rings is 1. The van der Waals surface area contributed by atoms with Crippen molar-refractivity contribution in [3.8, 4) is 11.1 Å². The molecular formula is C12H12Cl2N2O. The zero-order valence-corrected chi connectivity index (χ0v) is 10.8. The van der Waals surface area contributed by atoms with Crippen LogP contribution in [0.15, 0.2) is 22.7 Å². The molecule has 1 aromatic carbocycles. The Morgan fingerprint density at radius 2 is 2.06 bits per heavy atom. The topological polar surface area (TPSA) is 52.0 Å². The van der Waals surface area contributed by atoms with Gasteiger partial charge in [0.2, 0.25) is 0 Å². The second-order valence-electron chi connectivity index (χ2n) is 3.74. The number of hydrogen-bond acceptors (Lipinski definition) is 3. The Hall–Kier alpha value is -1.19. The van der Waals surface area contributed by atoms with Gasteiger partial charge in [-0.2, -0.15) is 0 Å². The minimum absolute atomic E-state index is 0.381. The molecule has 1 heterocycles. The average Bonchev–Trinajstić information content (AvgIpc) is 2.65. The van der Waals surface area contributed by atoms with Gasteiger partial charge in [0.1, 0.15) is 5.76 Å². The molecule has 0 atom stereocenters. The summed E-state index contributed by atoms with van der Waals surface area (Å²) in [4.78, 5) is 0. The maximum absolute atomic E-state index is 5.99. The first-order chi connectivity index (χ1) is 8.13. The monoisotopic (exact) mass is 270 g/mol. The highest BCUT2D eigenvalue weighted by atomic mass is 35.5. The van der Waals surface area contributed by atoms with Crippen molar-refractivity contribution < 1.29 is 4.52 Å². The van der Waals surface area contributed by atoms with E-state index in [1.165, 1.54) is 0 Å². The quantitative estimate of drug-likeness (QED) is 0.910. The zero-order chi connectivity index (χ0) is 12.4. The maximum atomic E-state index is 5.99. The normalized spacial score (nSPS) is 10.8. The summed E-state index contributed by atoms with van der Waals surface area (Å²) in [6, 6.07) is 5.36. The smallest absolute Gasteiger partial charge is 0.175 e. The Balaban J connectivity index is 2.51. The van der Waals surface area contributed by atoms with Crippen LogP contribution in [0.1, 0.15) is 19.1 Å². The number of anilines is 1. The molecule has 0 aliphatic carbocycles. The van der Waals surface area contributed by atoms with Crippen LogP contribution in [0, 0.1) is 0 Å². The van der Waals surface area contributed by atoms with Crippen LogP contribution in [0.2, 0.25) is 10.0 Å². The molecule has 0 unspecified atom stereocenters. The molecule has 0 bridgehead atoms. The fourth-order valence-corrected chi connectivity index (χ4v) is 1.99. The van der Waals surface area contributed by atoms with Crippen molar-refractivity contribution in [2.75, 3.05) is 5.73 Å². The predicted octanol–water partition coefficient (Wildman–Crippen LogP) is 4.18. The van der Waals surface area contributed by atoms with Crippen LogP contribution in [0.4, 0.5) is 5.82 Å². The summed E-state index contributed by atoms with van der Waals surface area (Å²) in [5.74, 6) is 1.16. The summed E-state index contributed by atoms with van der Waals surface area (Å²) < 4.78 is 5.21. The van der Waals surface area contributed by atoms with Crippen LogP contribution in [0.3, 0.4) is 0 Å². The molecule has 17 heavy (non-hydrogen) atoms. The van der Waals surface area contributed by atoms with E-state index in [1.807, 2.05) is 6.07 Å². The molecule has 0 aliphatic rings. The molecule has 0 spiro atoms. The maximum Gasteiger partial charge on any atom is 0.175 e. The highest BCUT2D eigenvalue weighted by Gasteiger charge is 2.15. The summed E-state index contributed by atoms with van der Waals surface area (Å²) in [6.45, 7) is 2.07. The lowest BCUT2D eigenvalue weighted by Gasteiger charge is -2.03. The van der Waals surface area contributed by atoms with Crippen LogP contribution in [-0.2, 0) is 6.42 Å². The molecule has 0 radical (unpaired) electrons. The first-order valence-corrected chi connectivity index (χ1v) is 6.08. The number of halogens is 2. The summed E-state index contributed by atoms with van der Waals surface area (Å²) in [5.41, 5.74) is 7.50. The number of nitrogen functional groups attached to an aromatic ring is 1. The van der Waals surface area contributed by atoms with Gasteiger partial charge >= 0.3 is 0 Å². The van der Waals surface area contributed by atoms with Gasteiger partial charge in [-0.15, -0.1) is 0 Å². The van der Waals surface area contributed by atoms with E-state index in [-0.39, 0.29) is 0 Å². The number of nitrogens with two attached hydrogens (primary N) is 1. The molecule has 2 N–H and O–H groups in total. The van der Waals surface area contributed by atoms with E-state index < -0.39 is 0 Å². The van der Waals surface area contributed by atoms with Crippen LogP contribution in [0.25, 0.3) is 11.1 Å². The first kappa shape index (κ1) is 12.3. The molecule has 0 aliphatic heterocycles. The molecular weight excluding hydrogens is 259 g/mol. The standard InChI is InChI=1S/C12H12Cl2N2O/c1-2-3-10-11(12(15)16-17-10)7-4-5-8(13)9(14)6-7/h4-6H,2-3H2,1H3,(H2,15,16). The number of nitrogens with zero attached hydrogens (tertiary/aromatic N) is 1. The van der Waals surface area contributed by atoms with Gasteiger partial charge in [-0.25, -0.2) is 0 Å². The highest BCUT2D eigenvalue weighted by molar-refractivity contribution is 6.42. The molecule has 3 nitrogen and oxygen atoms in total. The summed E-state index contributed by atoms with van der Waals surface area (Å²) in [5, 5.41) is 4.80. The minimum atomic E-state index is 0.381. The second kappa shape index (κ2) is 4.98.